The van der Waals surface area contributed by atoms with Gasteiger partial charge < -0.3 is 10.1 Å². The minimum Gasteiger partial charge on any atom is -0.383 e. The van der Waals surface area contributed by atoms with E-state index in [-0.39, 0.29) is 0 Å². The fraction of sp³-hybridized carbons (Fsp3) is 0.909. The second kappa shape index (κ2) is 7.70. The molecule has 1 aliphatic heterocycles. The van der Waals surface area contributed by atoms with E-state index < -0.39 is 0 Å². The Morgan fingerprint density at radius 2 is 2.28 bits per heavy atom. The molecule has 0 spiro atoms. The van der Waals surface area contributed by atoms with Crippen molar-refractivity contribution in [2.45, 2.75) is 25.9 Å². The summed E-state index contributed by atoms with van der Waals surface area (Å²) in [5.41, 5.74) is 0. The van der Waals surface area contributed by atoms with E-state index in [2.05, 4.69) is 20.8 Å². The highest BCUT2D eigenvalue weighted by Gasteiger charge is 2.16. The van der Waals surface area contributed by atoms with Gasteiger partial charge in [-0.3, -0.25) is 0 Å². The van der Waals surface area contributed by atoms with Crippen LogP contribution in [0, 0.1) is 5.92 Å². The highest BCUT2D eigenvalue weighted by atomic mass is 32.2. The summed E-state index contributed by atoms with van der Waals surface area (Å²) >= 11 is 2.05. The molecule has 0 radical (unpaired) electrons. The zero-order valence-electron chi connectivity index (χ0n) is 10.8. The Bertz CT molecular complexity index is 340. The smallest absolute Gasteiger partial charge is 0.165 e. The minimum atomic E-state index is 0.706. The van der Waals surface area contributed by atoms with Gasteiger partial charge in [0.1, 0.15) is 0 Å². The van der Waals surface area contributed by atoms with Gasteiger partial charge in [-0.1, -0.05) is 0 Å². The van der Waals surface area contributed by atoms with Gasteiger partial charge in [0.2, 0.25) is 0 Å². The van der Waals surface area contributed by atoms with Crippen LogP contribution in [0.25, 0.3) is 0 Å². The summed E-state index contributed by atoms with van der Waals surface area (Å²) in [7, 11) is 1.70. The van der Waals surface area contributed by atoms with Gasteiger partial charge in [-0.15, -0.1) is 5.10 Å². The highest BCUT2D eigenvalue weighted by molar-refractivity contribution is 7.99. The molecule has 2 heterocycles. The fourth-order valence-electron chi connectivity index (χ4n) is 2.04. The Kier molecular flexibility index (Phi) is 5.89. The van der Waals surface area contributed by atoms with Crippen LogP contribution in [0.1, 0.15) is 18.7 Å². The topological polar surface area (TPSA) is 64.9 Å². The van der Waals surface area contributed by atoms with Crippen molar-refractivity contribution in [1.29, 1.82) is 0 Å². The van der Waals surface area contributed by atoms with Crippen LogP contribution < -0.4 is 5.32 Å². The fourth-order valence-corrected chi connectivity index (χ4v) is 3.24. The maximum absolute atomic E-state index is 4.99. The molecule has 1 N–H and O–H groups in total. The van der Waals surface area contributed by atoms with E-state index in [0.29, 0.717) is 13.2 Å². The molecule has 1 aromatic rings. The molecule has 1 aromatic heterocycles. The van der Waals surface area contributed by atoms with E-state index in [9.17, 15) is 0 Å². The van der Waals surface area contributed by atoms with Crippen molar-refractivity contribution >= 4 is 11.8 Å². The van der Waals surface area contributed by atoms with E-state index in [0.717, 1.165) is 24.8 Å². The van der Waals surface area contributed by atoms with Crippen molar-refractivity contribution in [2.24, 2.45) is 5.92 Å². The molecule has 0 amide bonds. The van der Waals surface area contributed by atoms with E-state index in [1.807, 2.05) is 16.4 Å². The van der Waals surface area contributed by atoms with Crippen molar-refractivity contribution in [1.82, 2.24) is 25.5 Å². The second-order valence-electron chi connectivity index (χ2n) is 4.50. The Morgan fingerprint density at radius 1 is 1.44 bits per heavy atom. The molecule has 0 unspecified atom stereocenters. The first kappa shape index (κ1) is 13.8. The highest BCUT2D eigenvalue weighted by Crippen LogP contribution is 2.23. The van der Waals surface area contributed by atoms with Gasteiger partial charge >= 0.3 is 0 Å². The third kappa shape index (κ3) is 4.22. The monoisotopic (exact) mass is 271 g/mol. The van der Waals surface area contributed by atoms with E-state index in [1.165, 1.54) is 24.3 Å². The van der Waals surface area contributed by atoms with Crippen LogP contribution in [-0.4, -0.2) is 52.0 Å². The number of ether oxygens (including phenoxy) is 1. The van der Waals surface area contributed by atoms with Gasteiger partial charge in [-0.25, -0.2) is 4.68 Å². The number of methoxy groups -OCH3 is 1. The van der Waals surface area contributed by atoms with Crippen molar-refractivity contribution in [3.63, 3.8) is 0 Å². The number of thioether (sulfide) groups is 1. The SMILES string of the molecule is COCCNCc1nnnn1CC1CCSCC1. The van der Waals surface area contributed by atoms with Crippen LogP contribution >= 0.6 is 11.8 Å². The van der Waals surface area contributed by atoms with Gasteiger partial charge in [0.05, 0.1) is 13.2 Å². The summed E-state index contributed by atoms with van der Waals surface area (Å²) in [6.45, 7) is 3.19. The maximum Gasteiger partial charge on any atom is 0.165 e. The number of hydrogen-bond acceptors (Lipinski definition) is 6. The molecular weight excluding hydrogens is 250 g/mol. The molecule has 0 bridgehead atoms. The first-order valence-corrected chi connectivity index (χ1v) is 7.58. The normalized spacial score (nSPS) is 17.2. The Hall–Kier alpha value is -0.660. The lowest BCUT2D eigenvalue weighted by Crippen LogP contribution is -2.24. The van der Waals surface area contributed by atoms with E-state index >= 15 is 0 Å². The zero-order valence-corrected chi connectivity index (χ0v) is 11.7. The lowest BCUT2D eigenvalue weighted by molar-refractivity contribution is 0.198. The molecule has 102 valence electrons. The number of hydrogen-bond donors (Lipinski definition) is 1. The van der Waals surface area contributed by atoms with Crippen molar-refractivity contribution in [2.75, 3.05) is 31.8 Å². The molecule has 0 aromatic carbocycles. The minimum absolute atomic E-state index is 0.706. The third-order valence-corrected chi connectivity index (χ3v) is 4.19. The predicted molar refractivity (Wildman–Crippen MR) is 71.4 cm³/mol. The van der Waals surface area contributed by atoms with Crippen LogP contribution in [0.15, 0.2) is 0 Å². The molecule has 18 heavy (non-hydrogen) atoms. The lowest BCUT2D eigenvalue weighted by Gasteiger charge is -2.21. The van der Waals surface area contributed by atoms with Gasteiger partial charge in [0, 0.05) is 20.2 Å². The number of rotatable bonds is 7. The predicted octanol–water partition coefficient (Wildman–Crippen LogP) is 0.552. The van der Waals surface area contributed by atoms with E-state index in [4.69, 9.17) is 4.74 Å². The van der Waals surface area contributed by atoms with Gasteiger partial charge in [-0.05, 0) is 40.7 Å². The van der Waals surface area contributed by atoms with Crippen LogP contribution in [0.2, 0.25) is 0 Å². The van der Waals surface area contributed by atoms with Crippen molar-refractivity contribution in [3.05, 3.63) is 5.82 Å². The first-order valence-electron chi connectivity index (χ1n) is 6.42. The molecule has 0 atom stereocenters. The van der Waals surface area contributed by atoms with Crippen LogP contribution in [0.5, 0.6) is 0 Å². The maximum atomic E-state index is 4.99. The summed E-state index contributed by atoms with van der Waals surface area (Å²) in [6, 6.07) is 0. The molecule has 2 rings (SSSR count). The van der Waals surface area contributed by atoms with Gasteiger partial charge in [-0.2, -0.15) is 11.8 Å². The van der Waals surface area contributed by atoms with Crippen LogP contribution in [0.3, 0.4) is 0 Å². The molecule has 6 nitrogen and oxygen atoms in total. The molecular formula is C11H21N5OS. The Morgan fingerprint density at radius 3 is 3.06 bits per heavy atom. The lowest BCUT2D eigenvalue weighted by atomic mass is 10.0. The van der Waals surface area contributed by atoms with Gasteiger partial charge in [0.25, 0.3) is 0 Å². The summed E-state index contributed by atoms with van der Waals surface area (Å²) in [4.78, 5) is 0. The zero-order chi connectivity index (χ0) is 12.6. The van der Waals surface area contributed by atoms with E-state index in [1.54, 1.807) is 7.11 Å². The number of nitrogens with zero attached hydrogens (tertiary/aromatic N) is 4. The standard InChI is InChI=1S/C11H21N5OS/c1-17-5-4-12-8-11-13-14-15-16(11)9-10-2-6-18-7-3-10/h10,12H,2-9H2,1H3. The summed E-state index contributed by atoms with van der Waals surface area (Å²) in [5.74, 6) is 4.19. The van der Waals surface area contributed by atoms with Crippen molar-refractivity contribution in [3.8, 4) is 0 Å². The molecule has 1 saturated heterocycles. The van der Waals surface area contributed by atoms with Crippen molar-refractivity contribution < 1.29 is 4.74 Å². The number of aromatic nitrogens is 4. The first-order chi connectivity index (χ1) is 8.90. The summed E-state index contributed by atoms with van der Waals surface area (Å²) in [6.07, 6.45) is 2.56. The Balaban J connectivity index is 1.79. The quantitative estimate of drug-likeness (QED) is 0.731. The average molecular weight is 271 g/mol. The van der Waals surface area contributed by atoms with Gasteiger partial charge in [0.15, 0.2) is 5.82 Å². The molecule has 0 saturated carbocycles. The largest absolute Gasteiger partial charge is 0.383 e. The van der Waals surface area contributed by atoms with Crippen LogP contribution in [-0.2, 0) is 17.8 Å². The summed E-state index contributed by atoms with van der Waals surface area (Å²) < 4.78 is 6.93. The molecule has 1 fully saturated rings. The van der Waals surface area contributed by atoms with Crippen LogP contribution in [0.4, 0.5) is 0 Å². The molecule has 0 aliphatic carbocycles. The molecule has 1 aliphatic rings. The number of nitrogens with one attached hydrogen (secondary N) is 1. The summed E-state index contributed by atoms with van der Waals surface area (Å²) in [5, 5.41) is 15.2. The third-order valence-electron chi connectivity index (χ3n) is 3.14. The average Bonchev–Trinajstić information content (AvgIpc) is 2.83. The Labute approximate surface area is 112 Å². The molecule has 7 heteroatoms. The number of tetrazole rings is 1. The second-order valence-corrected chi connectivity index (χ2v) is 5.73.